The van der Waals surface area contributed by atoms with E-state index in [1.807, 2.05) is 0 Å². The van der Waals surface area contributed by atoms with Gasteiger partial charge in [-0.1, -0.05) is 12.1 Å². The standard InChI is InChI=1S/C13H11N3O5/c1-7-10(12(17)18)11(15-13(14-7)21-2)8-5-3-4-6-9(8)16(19)20/h3-6H,1-2H3,(H,17,18). The molecule has 0 bridgehead atoms. The number of carbonyl (C=O) groups is 1. The minimum absolute atomic E-state index is 0.0425. The average molecular weight is 289 g/mol. The third-order valence-electron chi connectivity index (χ3n) is 2.82. The predicted octanol–water partition coefficient (Wildman–Crippen LogP) is 2.07. The highest BCUT2D eigenvalue weighted by Crippen LogP contribution is 2.32. The molecule has 2 rings (SSSR count). The molecule has 0 spiro atoms. The van der Waals surface area contributed by atoms with Crippen LogP contribution in [-0.2, 0) is 0 Å². The maximum atomic E-state index is 11.4. The van der Waals surface area contributed by atoms with E-state index in [2.05, 4.69) is 9.97 Å². The molecule has 0 radical (unpaired) electrons. The Hall–Kier alpha value is -3.03. The average Bonchev–Trinajstić information content (AvgIpc) is 2.45. The molecule has 0 aliphatic carbocycles. The monoisotopic (exact) mass is 289 g/mol. The quantitative estimate of drug-likeness (QED) is 0.676. The van der Waals surface area contributed by atoms with Crippen LogP contribution < -0.4 is 4.74 Å². The van der Waals surface area contributed by atoms with Crippen LogP contribution in [-0.4, -0.2) is 33.1 Å². The number of nitro groups is 1. The fourth-order valence-electron chi connectivity index (χ4n) is 1.92. The fourth-order valence-corrected chi connectivity index (χ4v) is 1.92. The van der Waals surface area contributed by atoms with Crippen LogP contribution >= 0.6 is 0 Å². The second-order valence-corrected chi connectivity index (χ2v) is 4.10. The maximum absolute atomic E-state index is 11.4. The Morgan fingerprint density at radius 2 is 2.00 bits per heavy atom. The minimum atomic E-state index is -1.26. The van der Waals surface area contributed by atoms with Crippen molar-refractivity contribution in [3.63, 3.8) is 0 Å². The van der Waals surface area contributed by atoms with Crippen molar-refractivity contribution in [2.24, 2.45) is 0 Å². The molecule has 21 heavy (non-hydrogen) atoms. The number of ether oxygens (including phenoxy) is 1. The number of hydrogen-bond acceptors (Lipinski definition) is 6. The van der Waals surface area contributed by atoms with Crippen molar-refractivity contribution in [2.75, 3.05) is 7.11 Å². The Labute approximate surface area is 119 Å². The van der Waals surface area contributed by atoms with Crippen LogP contribution in [0, 0.1) is 17.0 Å². The molecule has 1 aromatic carbocycles. The molecule has 108 valence electrons. The molecule has 8 heteroatoms. The van der Waals surface area contributed by atoms with E-state index in [-0.39, 0.29) is 34.2 Å². The lowest BCUT2D eigenvalue weighted by Gasteiger charge is -2.10. The van der Waals surface area contributed by atoms with E-state index >= 15 is 0 Å². The Kier molecular flexibility index (Phi) is 3.79. The summed E-state index contributed by atoms with van der Waals surface area (Å²) in [5.74, 6) is -1.26. The van der Waals surface area contributed by atoms with Gasteiger partial charge in [-0.3, -0.25) is 10.1 Å². The third kappa shape index (κ3) is 2.64. The van der Waals surface area contributed by atoms with E-state index in [0.29, 0.717) is 0 Å². The first-order valence-corrected chi connectivity index (χ1v) is 5.85. The number of hydrogen-bond donors (Lipinski definition) is 1. The second kappa shape index (κ2) is 5.53. The Morgan fingerprint density at radius 1 is 1.33 bits per heavy atom. The highest BCUT2D eigenvalue weighted by Gasteiger charge is 2.25. The van der Waals surface area contributed by atoms with Crippen molar-refractivity contribution in [2.45, 2.75) is 6.92 Å². The van der Waals surface area contributed by atoms with Crippen molar-refractivity contribution in [1.29, 1.82) is 0 Å². The maximum Gasteiger partial charge on any atom is 0.339 e. The third-order valence-corrected chi connectivity index (χ3v) is 2.82. The minimum Gasteiger partial charge on any atom is -0.478 e. The van der Waals surface area contributed by atoms with E-state index in [9.17, 15) is 20.0 Å². The molecule has 1 N–H and O–H groups in total. The zero-order chi connectivity index (χ0) is 15.6. The van der Waals surface area contributed by atoms with Gasteiger partial charge in [0.05, 0.1) is 29.0 Å². The van der Waals surface area contributed by atoms with Gasteiger partial charge in [0.2, 0.25) is 0 Å². The highest BCUT2D eigenvalue weighted by atomic mass is 16.6. The first kappa shape index (κ1) is 14.4. The number of methoxy groups -OCH3 is 1. The zero-order valence-corrected chi connectivity index (χ0v) is 11.2. The number of para-hydroxylation sites is 1. The lowest BCUT2D eigenvalue weighted by molar-refractivity contribution is -0.384. The molecule has 8 nitrogen and oxygen atoms in total. The predicted molar refractivity (Wildman–Crippen MR) is 72.4 cm³/mol. The first-order chi connectivity index (χ1) is 9.95. The number of aryl methyl sites for hydroxylation is 1. The van der Waals surface area contributed by atoms with E-state index in [0.717, 1.165) is 0 Å². The van der Waals surface area contributed by atoms with Gasteiger partial charge in [0.1, 0.15) is 5.56 Å². The summed E-state index contributed by atoms with van der Waals surface area (Å²) < 4.78 is 4.91. The van der Waals surface area contributed by atoms with Gasteiger partial charge in [0.15, 0.2) is 0 Å². The Morgan fingerprint density at radius 3 is 2.57 bits per heavy atom. The van der Waals surface area contributed by atoms with E-state index in [4.69, 9.17) is 4.74 Å². The largest absolute Gasteiger partial charge is 0.478 e. The highest BCUT2D eigenvalue weighted by molar-refractivity contribution is 5.97. The molecule has 2 aromatic rings. The van der Waals surface area contributed by atoms with Crippen molar-refractivity contribution in [1.82, 2.24) is 9.97 Å². The van der Waals surface area contributed by atoms with E-state index < -0.39 is 10.9 Å². The Balaban J connectivity index is 2.82. The number of aromatic carboxylic acids is 1. The smallest absolute Gasteiger partial charge is 0.339 e. The van der Waals surface area contributed by atoms with Gasteiger partial charge in [-0.2, -0.15) is 9.97 Å². The SMILES string of the molecule is COc1nc(C)c(C(=O)O)c(-c2ccccc2[N+](=O)[O-])n1. The summed E-state index contributed by atoms with van der Waals surface area (Å²) in [4.78, 5) is 29.8. The molecule has 0 aliphatic rings. The number of benzene rings is 1. The molecule has 0 amide bonds. The first-order valence-electron chi connectivity index (χ1n) is 5.85. The Bertz CT molecular complexity index is 730. The van der Waals surface area contributed by atoms with Crippen molar-refractivity contribution in [3.8, 4) is 17.3 Å². The number of aromatic nitrogens is 2. The van der Waals surface area contributed by atoms with E-state index in [1.54, 1.807) is 6.07 Å². The number of nitro benzene ring substituents is 1. The van der Waals surface area contributed by atoms with Crippen LogP contribution in [0.2, 0.25) is 0 Å². The lowest BCUT2D eigenvalue weighted by Crippen LogP contribution is -2.09. The summed E-state index contributed by atoms with van der Waals surface area (Å²) in [6.07, 6.45) is 0. The van der Waals surface area contributed by atoms with Crippen molar-refractivity contribution < 1.29 is 19.6 Å². The van der Waals surface area contributed by atoms with Crippen LogP contribution in [0.15, 0.2) is 24.3 Å². The van der Waals surface area contributed by atoms with Gasteiger partial charge in [-0.25, -0.2) is 4.79 Å². The number of carboxylic acids is 1. The molecule has 0 fully saturated rings. The molecule has 1 heterocycles. The molecular formula is C13H11N3O5. The summed E-state index contributed by atoms with van der Waals surface area (Å²) in [6.45, 7) is 1.48. The molecule has 0 saturated heterocycles. The van der Waals surface area contributed by atoms with Gasteiger partial charge < -0.3 is 9.84 Å². The van der Waals surface area contributed by atoms with Crippen LogP contribution in [0.4, 0.5) is 5.69 Å². The van der Waals surface area contributed by atoms with Gasteiger partial charge >= 0.3 is 12.0 Å². The van der Waals surface area contributed by atoms with Crippen LogP contribution in [0.1, 0.15) is 16.1 Å². The second-order valence-electron chi connectivity index (χ2n) is 4.10. The molecule has 0 aliphatic heterocycles. The molecule has 1 aromatic heterocycles. The molecule has 0 atom stereocenters. The number of rotatable bonds is 4. The normalized spacial score (nSPS) is 10.2. The molecule has 0 saturated carbocycles. The lowest BCUT2D eigenvalue weighted by atomic mass is 10.0. The summed E-state index contributed by atoms with van der Waals surface area (Å²) in [5, 5.41) is 20.4. The van der Waals surface area contributed by atoms with Crippen LogP contribution in [0.5, 0.6) is 6.01 Å². The van der Waals surface area contributed by atoms with Gasteiger partial charge in [0, 0.05) is 6.07 Å². The summed E-state index contributed by atoms with van der Waals surface area (Å²) in [6, 6.07) is 5.73. The van der Waals surface area contributed by atoms with Gasteiger partial charge in [-0.05, 0) is 13.0 Å². The van der Waals surface area contributed by atoms with Crippen molar-refractivity contribution in [3.05, 3.63) is 45.6 Å². The number of nitrogens with zero attached hydrogens (tertiary/aromatic N) is 3. The van der Waals surface area contributed by atoms with Gasteiger partial charge in [-0.15, -0.1) is 0 Å². The van der Waals surface area contributed by atoms with Crippen molar-refractivity contribution >= 4 is 11.7 Å². The van der Waals surface area contributed by atoms with E-state index in [1.165, 1.54) is 32.2 Å². The summed E-state index contributed by atoms with van der Waals surface area (Å²) in [5.41, 5.74) is -0.199. The molecule has 0 unspecified atom stereocenters. The topological polar surface area (TPSA) is 115 Å². The number of carboxylic acid groups (broad SMARTS) is 1. The van der Waals surface area contributed by atoms with Gasteiger partial charge in [0.25, 0.3) is 5.69 Å². The molecular weight excluding hydrogens is 278 g/mol. The van der Waals surface area contributed by atoms with Crippen LogP contribution in [0.25, 0.3) is 11.3 Å². The fraction of sp³-hybridized carbons (Fsp3) is 0.154. The van der Waals surface area contributed by atoms with Crippen LogP contribution in [0.3, 0.4) is 0 Å². The summed E-state index contributed by atoms with van der Waals surface area (Å²) >= 11 is 0. The zero-order valence-electron chi connectivity index (χ0n) is 11.2. The summed E-state index contributed by atoms with van der Waals surface area (Å²) in [7, 11) is 1.33.